The number of pyridine rings is 1. The Morgan fingerprint density at radius 1 is 1.26 bits per heavy atom. The van der Waals surface area contributed by atoms with E-state index in [9.17, 15) is 4.79 Å². The summed E-state index contributed by atoms with van der Waals surface area (Å²) in [7, 11) is 0. The molecule has 2 unspecified atom stereocenters. The van der Waals surface area contributed by atoms with Crippen LogP contribution >= 0.6 is 12.4 Å². The number of aromatic nitrogens is 1. The predicted molar refractivity (Wildman–Crippen MR) is 77.3 cm³/mol. The standard InChI is InChI=1S/C14H19N3O.ClH/c15-11-6-7-12(16-9-11)14(18)17-8-2-4-10-3-1-5-13(10)17;/h6-7,9-10,13H,1-5,8,15H2;1H. The molecule has 5 heteroatoms. The van der Waals surface area contributed by atoms with Gasteiger partial charge in [-0.1, -0.05) is 6.42 Å². The molecular weight excluding hydrogens is 262 g/mol. The molecule has 2 atom stereocenters. The molecule has 1 amide bonds. The summed E-state index contributed by atoms with van der Waals surface area (Å²) in [6.07, 6.45) is 7.66. The topological polar surface area (TPSA) is 59.2 Å². The van der Waals surface area contributed by atoms with E-state index in [2.05, 4.69) is 4.98 Å². The second-order valence-electron chi connectivity index (χ2n) is 5.38. The molecule has 2 N–H and O–H groups in total. The van der Waals surface area contributed by atoms with Gasteiger partial charge in [0.15, 0.2) is 0 Å². The quantitative estimate of drug-likeness (QED) is 0.860. The van der Waals surface area contributed by atoms with Crippen molar-refractivity contribution in [1.82, 2.24) is 9.88 Å². The van der Waals surface area contributed by atoms with E-state index in [1.54, 1.807) is 18.3 Å². The molecule has 0 radical (unpaired) electrons. The maximum Gasteiger partial charge on any atom is 0.272 e. The van der Waals surface area contributed by atoms with Crippen LogP contribution in [0.5, 0.6) is 0 Å². The lowest BCUT2D eigenvalue weighted by Crippen LogP contribution is -2.46. The number of carbonyl (C=O) groups excluding carboxylic acids is 1. The Bertz CT molecular complexity index is 449. The summed E-state index contributed by atoms with van der Waals surface area (Å²) in [5.74, 6) is 0.795. The van der Waals surface area contributed by atoms with Crippen molar-refractivity contribution in [2.45, 2.75) is 38.1 Å². The molecule has 2 heterocycles. The minimum atomic E-state index is 0. The van der Waals surface area contributed by atoms with Gasteiger partial charge in [0.25, 0.3) is 5.91 Å². The number of carbonyl (C=O) groups is 1. The number of anilines is 1. The van der Waals surface area contributed by atoms with Crippen molar-refractivity contribution in [2.75, 3.05) is 12.3 Å². The highest BCUT2D eigenvalue weighted by Gasteiger charge is 2.37. The molecule has 0 spiro atoms. The third-order valence-corrected chi connectivity index (χ3v) is 4.26. The molecule has 3 rings (SSSR count). The minimum Gasteiger partial charge on any atom is -0.397 e. The first-order chi connectivity index (χ1) is 8.75. The van der Waals surface area contributed by atoms with Gasteiger partial charge in [-0.2, -0.15) is 0 Å². The Labute approximate surface area is 119 Å². The Kier molecular flexibility index (Phi) is 4.30. The summed E-state index contributed by atoms with van der Waals surface area (Å²) in [6, 6.07) is 3.93. The van der Waals surface area contributed by atoms with E-state index >= 15 is 0 Å². The molecule has 1 aliphatic heterocycles. The van der Waals surface area contributed by atoms with Gasteiger partial charge in [0, 0.05) is 12.6 Å². The summed E-state index contributed by atoms with van der Waals surface area (Å²) >= 11 is 0. The fourth-order valence-electron chi connectivity index (χ4n) is 3.39. The fraction of sp³-hybridized carbons (Fsp3) is 0.571. The zero-order valence-electron chi connectivity index (χ0n) is 10.9. The third-order valence-electron chi connectivity index (χ3n) is 4.26. The van der Waals surface area contributed by atoms with Gasteiger partial charge < -0.3 is 10.6 Å². The second-order valence-corrected chi connectivity index (χ2v) is 5.38. The first kappa shape index (κ1) is 14.1. The number of nitrogens with two attached hydrogens (primary N) is 1. The summed E-state index contributed by atoms with van der Waals surface area (Å²) < 4.78 is 0. The van der Waals surface area contributed by atoms with Crippen molar-refractivity contribution in [1.29, 1.82) is 0 Å². The van der Waals surface area contributed by atoms with E-state index < -0.39 is 0 Å². The monoisotopic (exact) mass is 281 g/mol. The lowest BCUT2D eigenvalue weighted by Gasteiger charge is -2.37. The highest BCUT2D eigenvalue weighted by atomic mass is 35.5. The first-order valence-corrected chi connectivity index (χ1v) is 6.78. The molecule has 1 aliphatic carbocycles. The number of hydrogen-bond acceptors (Lipinski definition) is 3. The van der Waals surface area contributed by atoms with Gasteiger partial charge in [0.1, 0.15) is 5.69 Å². The smallest absolute Gasteiger partial charge is 0.272 e. The van der Waals surface area contributed by atoms with Crippen LogP contribution in [0.25, 0.3) is 0 Å². The zero-order chi connectivity index (χ0) is 12.5. The van der Waals surface area contributed by atoms with E-state index in [0.29, 0.717) is 17.4 Å². The maximum atomic E-state index is 12.5. The van der Waals surface area contributed by atoms with E-state index in [1.807, 2.05) is 4.90 Å². The van der Waals surface area contributed by atoms with Crippen molar-refractivity contribution in [3.8, 4) is 0 Å². The summed E-state index contributed by atoms with van der Waals surface area (Å²) in [5.41, 5.74) is 6.73. The van der Waals surface area contributed by atoms with Gasteiger partial charge in [0.05, 0.1) is 11.9 Å². The van der Waals surface area contributed by atoms with Gasteiger partial charge in [-0.25, -0.2) is 4.98 Å². The van der Waals surface area contributed by atoms with Crippen molar-refractivity contribution >= 4 is 24.0 Å². The predicted octanol–water partition coefficient (Wildman–Crippen LogP) is 2.49. The Balaban J connectivity index is 0.00000133. The molecule has 19 heavy (non-hydrogen) atoms. The number of likely N-dealkylation sites (tertiary alicyclic amines) is 1. The van der Waals surface area contributed by atoms with Gasteiger partial charge >= 0.3 is 0 Å². The number of fused-ring (bicyclic) bond motifs is 1. The van der Waals surface area contributed by atoms with E-state index in [4.69, 9.17) is 5.73 Å². The van der Waals surface area contributed by atoms with Crippen molar-refractivity contribution < 1.29 is 4.79 Å². The molecule has 1 aromatic rings. The van der Waals surface area contributed by atoms with Crippen LogP contribution < -0.4 is 5.73 Å². The fourth-order valence-corrected chi connectivity index (χ4v) is 3.39. The highest BCUT2D eigenvalue weighted by molar-refractivity contribution is 5.92. The first-order valence-electron chi connectivity index (χ1n) is 6.78. The van der Waals surface area contributed by atoms with Gasteiger partial charge in [-0.15, -0.1) is 12.4 Å². The van der Waals surface area contributed by atoms with Crippen LogP contribution in [0.1, 0.15) is 42.6 Å². The lowest BCUT2D eigenvalue weighted by molar-refractivity contribution is 0.0542. The van der Waals surface area contributed by atoms with Crippen LogP contribution in [-0.4, -0.2) is 28.4 Å². The Hall–Kier alpha value is -1.29. The third kappa shape index (κ3) is 2.68. The van der Waals surface area contributed by atoms with E-state index in [1.165, 1.54) is 19.3 Å². The Morgan fingerprint density at radius 2 is 2.05 bits per heavy atom. The van der Waals surface area contributed by atoms with Crippen LogP contribution in [0.3, 0.4) is 0 Å². The second kappa shape index (κ2) is 5.78. The molecule has 0 aromatic carbocycles. The highest BCUT2D eigenvalue weighted by Crippen LogP contribution is 2.37. The summed E-state index contributed by atoms with van der Waals surface area (Å²) in [4.78, 5) is 18.7. The van der Waals surface area contributed by atoms with Crippen LogP contribution in [0.15, 0.2) is 18.3 Å². The summed E-state index contributed by atoms with van der Waals surface area (Å²) in [6.45, 7) is 0.881. The number of amides is 1. The lowest BCUT2D eigenvalue weighted by atomic mass is 9.91. The number of hydrogen-bond donors (Lipinski definition) is 1. The molecule has 1 saturated heterocycles. The average Bonchev–Trinajstić information content (AvgIpc) is 2.87. The Morgan fingerprint density at radius 3 is 2.79 bits per heavy atom. The largest absolute Gasteiger partial charge is 0.397 e. The van der Waals surface area contributed by atoms with Crippen LogP contribution in [0.4, 0.5) is 5.69 Å². The molecule has 2 aliphatic rings. The van der Waals surface area contributed by atoms with Crippen molar-refractivity contribution in [3.63, 3.8) is 0 Å². The number of rotatable bonds is 1. The molecule has 0 bridgehead atoms. The average molecular weight is 282 g/mol. The maximum absolute atomic E-state index is 12.5. The normalized spacial score (nSPS) is 25.6. The van der Waals surface area contributed by atoms with Crippen LogP contribution in [-0.2, 0) is 0 Å². The summed E-state index contributed by atoms with van der Waals surface area (Å²) in [5, 5.41) is 0. The van der Waals surface area contributed by atoms with Gasteiger partial charge in [-0.3, -0.25) is 4.79 Å². The molecule has 1 aromatic heterocycles. The van der Waals surface area contributed by atoms with E-state index in [-0.39, 0.29) is 18.3 Å². The molecular formula is C14H20ClN3O. The van der Waals surface area contributed by atoms with Crippen LogP contribution in [0, 0.1) is 5.92 Å². The molecule has 2 fully saturated rings. The van der Waals surface area contributed by atoms with Gasteiger partial charge in [-0.05, 0) is 43.7 Å². The number of nitrogens with zero attached hydrogens (tertiary/aromatic N) is 2. The van der Waals surface area contributed by atoms with Gasteiger partial charge in [0.2, 0.25) is 0 Å². The zero-order valence-corrected chi connectivity index (χ0v) is 11.7. The SMILES string of the molecule is Cl.Nc1ccc(C(=O)N2CCCC3CCCC32)nc1. The number of halogens is 1. The molecule has 1 saturated carbocycles. The minimum absolute atomic E-state index is 0. The van der Waals surface area contributed by atoms with Crippen molar-refractivity contribution in [3.05, 3.63) is 24.0 Å². The molecule has 104 valence electrons. The van der Waals surface area contributed by atoms with E-state index in [0.717, 1.165) is 25.3 Å². The molecule has 4 nitrogen and oxygen atoms in total. The number of nitrogen functional groups attached to an aromatic ring is 1. The van der Waals surface area contributed by atoms with Crippen LogP contribution in [0.2, 0.25) is 0 Å². The van der Waals surface area contributed by atoms with Crippen molar-refractivity contribution in [2.24, 2.45) is 5.92 Å². The number of piperidine rings is 1.